The van der Waals surface area contributed by atoms with Gasteiger partial charge in [0.05, 0.1) is 19.0 Å². The van der Waals surface area contributed by atoms with Crippen LogP contribution in [0.15, 0.2) is 35.8 Å². The lowest BCUT2D eigenvalue weighted by molar-refractivity contribution is 0.268. The van der Waals surface area contributed by atoms with E-state index in [2.05, 4.69) is 22.5 Å². The van der Waals surface area contributed by atoms with Gasteiger partial charge in [-0.2, -0.15) is 0 Å². The molecule has 0 aromatic rings. The maximum Gasteiger partial charge on any atom is 0.122 e. The molecule has 0 aromatic carbocycles. The van der Waals surface area contributed by atoms with Gasteiger partial charge in [-0.1, -0.05) is 22.5 Å². The highest BCUT2D eigenvalue weighted by molar-refractivity contribution is 9.09. The maximum absolute atomic E-state index is 5.14. The summed E-state index contributed by atoms with van der Waals surface area (Å²) in [5.41, 5.74) is 0.936. The summed E-state index contributed by atoms with van der Waals surface area (Å²) in [7, 11) is 3.25. The molecule has 0 fully saturated rings. The van der Waals surface area contributed by atoms with Crippen molar-refractivity contribution in [2.75, 3.05) is 14.2 Å². The average Bonchev–Trinajstić information content (AvgIpc) is 2.09. The van der Waals surface area contributed by atoms with Crippen molar-refractivity contribution in [1.82, 2.24) is 0 Å². The summed E-state index contributed by atoms with van der Waals surface area (Å²) in [6.45, 7) is 3.87. The first-order valence-electron chi connectivity index (χ1n) is 3.53. The number of methoxy groups -OCH3 is 2. The van der Waals surface area contributed by atoms with Crippen LogP contribution in [0.5, 0.6) is 0 Å². The second kappa shape index (κ2) is 3.81. The number of hydrogen-bond donors (Lipinski definition) is 0. The van der Waals surface area contributed by atoms with Gasteiger partial charge in [0.25, 0.3) is 0 Å². The Bertz CT molecular complexity index is 253. The second-order valence-corrected chi connectivity index (χ2v) is 3.35. The third kappa shape index (κ3) is 1.72. The highest BCUT2D eigenvalue weighted by atomic mass is 79.9. The number of alkyl halides is 1. The Morgan fingerprint density at radius 1 is 1.33 bits per heavy atom. The summed E-state index contributed by atoms with van der Waals surface area (Å²) in [4.78, 5) is 0.0707. The van der Waals surface area contributed by atoms with Gasteiger partial charge in [0, 0.05) is 6.08 Å². The topological polar surface area (TPSA) is 18.5 Å². The minimum absolute atomic E-state index is 0.0707. The third-order valence-corrected chi connectivity index (χ3v) is 2.70. The van der Waals surface area contributed by atoms with E-state index in [0.717, 1.165) is 17.1 Å². The molecule has 66 valence electrons. The van der Waals surface area contributed by atoms with E-state index in [0.29, 0.717) is 0 Å². The zero-order valence-corrected chi connectivity index (χ0v) is 8.72. The van der Waals surface area contributed by atoms with Crippen molar-refractivity contribution in [3.05, 3.63) is 35.8 Å². The van der Waals surface area contributed by atoms with Crippen LogP contribution in [0.2, 0.25) is 0 Å². The summed E-state index contributed by atoms with van der Waals surface area (Å²) >= 11 is 3.44. The Morgan fingerprint density at radius 2 is 2.00 bits per heavy atom. The van der Waals surface area contributed by atoms with Crippen molar-refractivity contribution in [3.63, 3.8) is 0 Å². The monoisotopic (exact) mass is 230 g/mol. The van der Waals surface area contributed by atoms with Gasteiger partial charge in [-0.05, 0) is 11.6 Å². The zero-order valence-electron chi connectivity index (χ0n) is 7.13. The molecule has 0 aliphatic heterocycles. The molecule has 0 aromatic heterocycles. The van der Waals surface area contributed by atoms with Crippen LogP contribution in [0, 0.1) is 0 Å². The lowest BCUT2D eigenvalue weighted by Crippen LogP contribution is -2.11. The van der Waals surface area contributed by atoms with Crippen LogP contribution in [0.4, 0.5) is 0 Å². The van der Waals surface area contributed by atoms with Crippen LogP contribution in [0.1, 0.15) is 0 Å². The maximum atomic E-state index is 5.14. The molecule has 0 bridgehead atoms. The summed E-state index contributed by atoms with van der Waals surface area (Å²) in [6, 6.07) is 0. The molecule has 1 unspecified atom stereocenters. The van der Waals surface area contributed by atoms with Crippen LogP contribution >= 0.6 is 15.9 Å². The van der Waals surface area contributed by atoms with Crippen LogP contribution < -0.4 is 0 Å². The first-order valence-corrected chi connectivity index (χ1v) is 4.44. The molecule has 2 nitrogen and oxygen atoms in total. The molecule has 0 heterocycles. The van der Waals surface area contributed by atoms with E-state index in [1.54, 1.807) is 14.2 Å². The Labute approximate surface area is 80.7 Å². The van der Waals surface area contributed by atoms with E-state index in [1.165, 1.54) is 0 Å². The first-order chi connectivity index (χ1) is 5.69. The Hall–Kier alpha value is -0.700. The minimum Gasteiger partial charge on any atom is -0.499 e. The van der Waals surface area contributed by atoms with Gasteiger partial charge in [-0.3, -0.25) is 0 Å². The predicted molar refractivity (Wildman–Crippen MR) is 52.0 cm³/mol. The third-order valence-electron chi connectivity index (χ3n) is 1.66. The molecule has 1 aliphatic rings. The number of rotatable bonds is 2. The minimum atomic E-state index is 0.0707. The summed E-state index contributed by atoms with van der Waals surface area (Å²) in [5, 5.41) is 0. The molecule has 0 saturated carbocycles. The van der Waals surface area contributed by atoms with E-state index < -0.39 is 0 Å². The van der Waals surface area contributed by atoms with Crippen molar-refractivity contribution in [1.29, 1.82) is 0 Å². The van der Waals surface area contributed by atoms with Gasteiger partial charge in [0.15, 0.2) is 0 Å². The van der Waals surface area contributed by atoms with Gasteiger partial charge in [-0.25, -0.2) is 0 Å². The molecular formula is C9H11BrO2. The Kier molecular flexibility index (Phi) is 2.98. The Balaban J connectivity index is 2.92. The fraction of sp³-hybridized carbons (Fsp3) is 0.333. The molecule has 1 aliphatic carbocycles. The van der Waals surface area contributed by atoms with Gasteiger partial charge in [0.2, 0.25) is 0 Å². The molecule has 12 heavy (non-hydrogen) atoms. The second-order valence-electron chi connectivity index (χ2n) is 2.44. The highest BCUT2D eigenvalue weighted by Crippen LogP contribution is 2.28. The van der Waals surface area contributed by atoms with Crippen LogP contribution in [-0.2, 0) is 9.47 Å². The summed E-state index contributed by atoms with van der Waals surface area (Å²) in [5.74, 6) is 1.59. The molecule has 3 heteroatoms. The van der Waals surface area contributed by atoms with E-state index >= 15 is 0 Å². The fourth-order valence-electron chi connectivity index (χ4n) is 0.974. The molecule has 0 spiro atoms. The number of ether oxygens (including phenoxy) is 2. The smallest absolute Gasteiger partial charge is 0.122 e. The van der Waals surface area contributed by atoms with E-state index in [4.69, 9.17) is 9.47 Å². The van der Waals surface area contributed by atoms with Crippen LogP contribution in [-0.4, -0.2) is 19.0 Å². The van der Waals surface area contributed by atoms with Crippen molar-refractivity contribution in [2.24, 2.45) is 0 Å². The standard InChI is InChI=1S/C9H11BrO2/c1-6-4-7(11-2)5-8(12-3)9(6)10/h4-5,9H,1H2,2-3H3. The predicted octanol–water partition coefficient (Wildman–Crippen LogP) is 2.38. The largest absolute Gasteiger partial charge is 0.499 e. The molecular weight excluding hydrogens is 220 g/mol. The molecule has 0 saturated heterocycles. The molecule has 0 radical (unpaired) electrons. The van der Waals surface area contributed by atoms with E-state index in [1.807, 2.05) is 12.2 Å². The first kappa shape index (κ1) is 9.39. The van der Waals surface area contributed by atoms with Gasteiger partial charge in [-0.15, -0.1) is 0 Å². The molecule has 0 N–H and O–H groups in total. The molecule has 0 amide bonds. The Morgan fingerprint density at radius 3 is 2.50 bits per heavy atom. The lowest BCUT2D eigenvalue weighted by Gasteiger charge is -2.19. The summed E-state index contributed by atoms with van der Waals surface area (Å²) in [6.07, 6.45) is 3.72. The van der Waals surface area contributed by atoms with Gasteiger partial charge < -0.3 is 9.47 Å². The van der Waals surface area contributed by atoms with Crippen molar-refractivity contribution in [2.45, 2.75) is 4.83 Å². The fourth-order valence-corrected chi connectivity index (χ4v) is 1.43. The normalized spacial score (nSPS) is 22.9. The zero-order chi connectivity index (χ0) is 9.14. The molecule has 1 rings (SSSR count). The van der Waals surface area contributed by atoms with E-state index in [-0.39, 0.29) is 4.83 Å². The van der Waals surface area contributed by atoms with E-state index in [9.17, 15) is 0 Å². The van der Waals surface area contributed by atoms with Crippen molar-refractivity contribution >= 4 is 15.9 Å². The number of halogens is 1. The number of hydrogen-bond acceptors (Lipinski definition) is 2. The highest BCUT2D eigenvalue weighted by Gasteiger charge is 2.19. The van der Waals surface area contributed by atoms with Crippen LogP contribution in [0.3, 0.4) is 0 Å². The number of allylic oxidation sites excluding steroid dienone is 3. The SMILES string of the molecule is C=C1C=C(OC)C=C(OC)C1Br. The van der Waals surface area contributed by atoms with Gasteiger partial charge >= 0.3 is 0 Å². The van der Waals surface area contributed by atoms with Gasteiger partial charge in [0.1, 0.15) is 11.5 Å². The van der Waals surface area contributed by atoms with Crippen molar-refractivity contribution < 1.29 is 9.47 Å². The van der Waals surface area contributed by atoms with Crippen LogP contribution in [0.25, 0.3) is 0 Å². The lowest BCUT2D eigenvalue weighted by atomic mass is 10.1. The average molecular weight is 231 g/mol. The quantitative estimate of drug-likeness (QED) is 0.679. The molecule has 1 atom stereocenters. The van der Waals surface area contributed by atoms with Crippen molar-refractivity contribution in [3.8, 4) is 0 Å². The summed E-state index contributed by atoms with van der Waals surface area (Å²) < 4.78 is 10.2.